The Hall–Kier alpha value is -1.80. The molecule has 0 aliphatic carbocycles. The summed E-state index contributed by atoms with van der Waals surface area (Å²) in [7, 11) is 1.72. The molecule has 0 amide bonds. The van der Waals surface area contributed by atoms with Crippen LogP contribution in [0.2, 0.25) is 0 Å². The van der Waals surface area contributed by atoms with Gasteiger partial charge in [-0.2, -0.15) is 0 Å². The summed E-state index contributed by atoms with van der Waals surface area (Å²) in [5.74, 6) is 0.389. The van der Waals surface area contributed by atoms with Crippen LogP contribution in [0.15, 0.2) is 30.3 Å². The van der Waals surface area contributed by atoms with E-state index in [0.717, 1.165) is 35.1 Å². The molecule has 0 fully saturated rings. The first-order valence-corrected chi connectivity index (χ1v) is 7.83. The van der Waals surface area contributed by atoms with Gasteiger partial charge in [-0.1, -0.05) is 30.3 Å². The third kappa shape index (κ3) is 3.17. The Balaban J connectivity index is 2.32. The van der Waals surface area contributed by atoms with Crippen LogP contribution in [0, 0.1) is 27.7 Å². The van der Waals surface area contributed by atoms with Crippen molar-refractivity contribution in [2.24, 2.45) is 0 Å². The van der Waals surface area contributed by atoms with E-state index in [1.54, 1.807) is 7.11 Å². The average molecular weight is 298 g/mol. The quantitative estimate of drug-likeness (QED) is 0.846. The normalized spacial score (nSPS) is 12.4. The number of methoxy groups -OCH3 is 1. The molecule has 0 aromatic heterocycles. The first-order chi connectivity index (χ1) is 10.5. The molecule has 2 aromatic rings. The van der Waals surface area contributed by atoms with Crippen LogP contribution in [0.4, 0.5) is 0 Å². The summed E-state index contributed by atoms with van der Waals surface area (Å²) < 4.78 is 5.71. The molecular formula is C20H26O2. The van der Waals surface area contributed by atoms with Crippen LogP contribution in [0.3, 0.4) is 0 Å². The molecule has 1 N–H and O–H groups in total. The minimum Gasteiger partial charge on any atom is -0.507 e. The van der Waals surface area contributed by atoms with Crippen LogP contribution in [-0.2, 0) is 11.2 Å². The molecule has 0 spiro atoms. The maximum absolute atomic E-state index is 10.6. The van der Waals surface area contributed by atoms with Gasteiger partial charge >= 0.3 is 0 Å². The van der Waals surface area contributed by atoms with Gasteiger partial charge in [0, 0.05) is 12.7 Å². The van der Waals surface area contributed by atoms with E-state index in [1.165, 1.54) is 11.1 Å². The molecule has 0 bridgehead atoms. The standard InChI is InChI=1S/C20H26O2/c1-13-14(2)16(4)20(21)19(15(13)3)18(22-5)12-11-17-9-7-6-8-10-17/h6-10,18,21H,11-12H2,1-5H3. The molecule has 2 nitrogen and oxygen atoms in total. The van der Waals surface area contributed by atoms with E-state index in [1.807, 2.05) is 13.0 Å². The van der Waals surface area contributed by atoms with Crippen molar-refractivity contribution in [3.05, 3.63) is 63.7 Å². The van der Waals surface area contributed by atoms with Crippen molar-refractivity contribution < 1.29 is 9.84 Å². The molecule has 2 rings (SSSR count). The SMILES string of the molecule is COC(CCc1ccccc1)c1c(C)c(C)c(C)c(C)c1O. The fourth-order valence-electron chi connectivity index (χ4n) is 3.04. The maximum atomic E-state index is 10.6. The number of ether oxygens (including phenoxy) is 1. The van der Waals surface area contributed by atoms with Crippen molar-refractivity contribution in [1.82, 2.24) is 0 Å². The minimum absolute atomic E-state index is 0.0850. The number of phenolic OH excluding ortho intramolecular Hbond substituents is 1. The zero-order valence-electron chi connectivity index (χ0n) is 14.2. The van der Waals surface area contributed by atoms with Crippen molar-refractivity contribution >= 4 is 0 Å². The molecule has 1 unspecified atom stereocenters. The second-order valence-corrected chi connectivity index (χ2v) is 6.01. The average Bonchev–Trinajstić information content (AvgIpc) is 2.55. The van der Waals surface area contributed by atoms with Crippen LogP contribution in [0.25, 0.3) is 0 Å². The molecule has 2 aromatic carbocycles. The molecule has 0 heterocycles. The van der Waals surface area contributed by atoms with E-state index < -0.39 is 0 Å². The van der Waals surface area contributed by atoms with E-state index in [9.17, 15) is 5.11 Å². The zero-order valence-corrected chi connectivity index (χ0v) is 14.2. The summed E-state index contributed by atoms with van der Waals surface area (Å²) in [5.41, 5.74) is 6.74. The highest BCUT2D eigenvalue weighted by Crippen LogP contribution is 2.38. The third-order valence-corrected chi connectivity index (χ3v) is 4.85. The van der Waals surface area contributed by atoms with Gasteiger partial charge < -0.3 is 9.84 Å². The Morgan fingerprint density at radius 2 is 1.50 bits per heavy atom. The highest BCUT2D eigenvalue weighted by Gasteiger charge is 2.22. The van der Waals surface area contributed by atoms with Crippen LogP contribution < -0.4 is 0 Å². The predicted octanol–water partition coefficient (Wildman–Crippen LogP) is 4.95. The Kier molecular flexibility index (Phi) is 5.25. The number of rotatable bonds is 5. The Bertz CT molecular complexity index is 615. The van der Waals surface area contributed by atoms with Gasteiger partial charge in [0.25, 0.3) is 0 Å². The Morgan fingerprint density at radius 1 is 0.909 bits per heavy atom. The van der Waals surface area contributed by atoms with Crippen LogP contribution in [0.5, 0.6) is 5.75 Å². The molecule has 0 saturated heterocycles. The summed E-state index contributed by atoms with van der Waals surface area (Å²) in [6.07, 6.45) is 1.71. The van der Waals surface area contributed by atoms with Gasteiger partial charge in [-0.25, -0.2) is 0 Å². The van der Waals surface area contributed by atoms with Crippen molar-refractivity contribution in [2.75, 3.05) is 7.11 Å². The highest BCUT2D eigenvalue weighted by molar-refractivity contribution is 5.54. The maximum Gasteiger partial charge on any atom is 0.124 e. The summed E-state index contributed by atoms with van der Waals surface area (Å²) in [4.78, 5) is 0. The van der Waals surface area contributed by atoms with Crippen molar-refractivity contribution in [3.8, 4) is 5.75 Å². The van der Waals surface area contributed by atoms with Gasteiger partial charge in [-0.3, -0.25) is 0 Å². The third-order valence-electron chi connectivity index (χ3n) is 4.85. The van der Waals surface area contributed by atoms with E-state index in [4.69, 9.17) is 4.74 Å². The minimum atomic E-state index is -0.0850. The largest absolute Gasteiger partial charge is 0.507 e. The summed E-state index contributed by atoms with van der Waals surface area (Å²) in [6.45, 7) is 8.23. The van der Waals surface area contributed by atoms with Gasteiger partial charge in [-0.05, 0) is 68.4 Å². The van der Waals surface area contributed by atoms with Crippen LogP contribution in [0.1, 0.15) is 45.9 Å². The number of benzene rings is 2. The fraction of sp³-hybridized carbons (Fsp3) is 0.400. The monoisotopic (exact) mass is 298 g/mol. The second kappa shape index (κ2) is 6.97. The molecule has 22 heavy (non-hydrogen) atoms. The number of hydrogen-bond acceptors (Lipinski definition) is 2. The topological polar surface area (TPSA) is 29.5 Å². The zero-order chi connectivity index (χ0) is 16.3. The number of hydrogen-bond donors (Lipinski definition) is 1. The lowest BCUT2D eigenvalue weighted by atomic mass is 9.89. The van der Waals surface area contributed by atoms with Crippen molar-refractivity contribution in [3.63, 3.8) is 0 Å². The summed E-state index contributed by atoms with van der Waals surface area (Å²) in [6, 6.07) is 10.4. The van der Waals surface area contributed by atoms with Gasteiger partial charge in [-0.15, -0.1) is 0 Å². The fourth-order valence-corrected chi connectivity index (χ4v) is 3.04. The van der Waals surface area contributed by atoms with Crippen LogP contribution >= 0.6 is 0 Å². The first-order valence-electron chi connectivity index (χ1n) is 7.83. The van der Waals surface area contributed by atoms with Gasteiger partial charge in [0.1, 0.15) is 5.75 Å². The number of aryl methyl sites for hydroxylation is 1. The Morgan fingerprint density at radius 3 is 2.09 bits per heavy atom. The van der Waals surface area contributed by atoms with E-state index >= 15 is 0 Å². The second-order valence-electron chi connectivity index (χ2n) is 6.01. The lowest BCUT2D eigenvalue weighted by Crippen LogP contribution is -2.09. The van der Waals surface area contributed by atoms with Gasteiger partial charge in [0.15, 0.2) is 0 Å². The van der Waals surface area contributed by atoms with Crippen LogP contribution in [-0.4, -0.2) is 12.2 Å². The van der Waals surface area contributed by atoms with Gasteiger partial charge in [0.2, 0.25) is 0 Å². The molecule has 0 radical (unpaired) electrons. The smallest absolute Gasteiger partial charge is 0.124 e. The lowest BCUT2D eigenvalue weighted by molar-refractivity contribution is 0.0930. The van der Waals surface area contributed by atoms with Crippen molar-refractivity contribution in [1.29, 1.82) is 0 Å². The van der Waals surface area contributed by atoms with Gasteiger partial charge in [0.05, 0.1) is 6.10 Å². The highest BCUT2D eigenvalue weighted by atomic mass is 16.5. The number of aromatic hydroxyl groups is 1. The number of phenols is 1. The lowest BCUT2D eigenvalue weighted by Gasteiger charge is -2.23. The molecule has 0 aliphatic heterocycles. The molecule has 2 heteroatoms. The summed E-state index contributed by atoms with van der Waals surface area (Å²) in [5, 5.41) is 10.6. The molecular weight excluding hydrogens is 272 g/mol. The Labute approximate surface area is 133 Å². The first kappa shape index (κ1) is 16.6. The molecule has 0 saturated carbocycles. The van der Waals surface area contributed by atoms with E-state index in [-0.39, 0.29) is 6.10 Å². The predicted molar refractivity (Wildman–Crippen MR) is 91.6 cm³/mol. The summed E-state index contributed by atoms with van der Waals surface area (Å²) >= 11 is 0. The molecule has 1 atom stereocenters. The molecule has 118 valence electrons. The van der Waals surface area contributed by atoms with E-state index in [0.29, 0.717) is 5.75 Å². The van der Waals surface area contributed by atoms with E-state index in [2.05, 4.69) is 45.0 Å². The van der Waals surface area contributed by atoms with Crippen molar-refractivity contribution in [2.45, 2.75) is 46.6 Å². The molecule has 0 aliphatic rings.